The quantitative estimate of drug-likeness (QED) is 0.749. The maximum atomic E-state index is 12.0. The SMILES string of the molecule is CC(=O)c1ccc(C)c(OC(F)F)c1Cl. The van der Waals surface area contributed by atoms with E-state index < -0.39 is 6.61 Å². The van der Waals surface area contributed by atoms with Crippen molar-refractivity contribution < 1.29 is 18.3 Å². The van der Waals surface area contributed by atoms with Crippen LogP contribution in [0, 0.1) is 6.92 Å². The predicted octanol–water partition coefficient (Wildman–Crippen LogP) is 3.45. The maximum Gasteiger partial charge on any atom is 0.387 e. The second kappa shape index (κ2) is 4.57. The van der Waals surface area contributed by atoms with Gasteiger partial charge in [0.25, 0.3) is 0 Å². The molecule has 0 atom stereocenters. The number of alkyl halides is 2. The van der Waals surface area contributed by atoms with Gasteiger partial charge in [-0.2, -0.15) is 8.78 Å². The van der Waals surface area contributed by atoms with Gasteiger partial charge in [0.2, 0.25) is 0 Å². The lowest BCUT2D eigenvalue weighted by molar-refractivity contribution is -0.0502. The zero-order valence-corrected chi connectivity index (χ0v) is 8.94. The van der Waals surface area contributed by atoms with Gasteiger partial charge in [0.05, 0.1) is 5.02 Å². The third-order valence-corrected chi connectivity index (χ3v) is 2.26. The molecule has 0 unspecified atom stereocenters. The van der Waals surface area contributed by atoms with E-state index in [-0.39, 0.29) is 22.1 Å². The highest BCUT2D eigenvalue weighted by Gasteiger charge is 2.16. The Morgan fingerprint density at radius 1 is 1.47 bits per heavy atom. The highest BCUT2D eigenvalue weighted by Crippen LogP contribution is 2.33. The summed E-state index contributed by atoms with van der Waals surface area (Å²) < 4.78 is 28.3. The molecule has 0 saturated carbocycles. The van der Waals surface area contributed by atoms with E-state index in [1.54, 1.807) is 6.92 Å². The van der Waals surface area contributed by atoms with Gasteiger partial charge in [0.15, 0.2) is 5.78 Å². The van der Waals surface area contributed by atoms with E-state index in [1.165, 1.54) is 19.1 Å². The first-order valence-electron chi connectivity index (χ1n) is 4.18. The number of aryl methyl sites for hydroxylation is 1. The van der Waals surface area contributed by atoms with Crippen LogP contribution in [0.1, 0.15) is 22.8 Å². The van der Waals surface area contributed by atoms with E-state index in [2.05, 4.69) is 4.74 Å². The molecule has 0 bridgehead atoms. The van der Waals surface area contributed by atoms with E-state index in [0.29, 0.717) is 5.56 Å². The fourth-order valence-electron chi connectivity index (χ4n) is 1.16. The average Bonchev–Trinajstić information content (AvgIpc) is 2.11. The van der Waals surface area contributed by atoms with Crippen LogP contribution in [0.15, 0.2) is 12.1 Å². The molecule has 82 valence electrons. The van der Waals surface area contributed by atoms with Crippen LogP contribution in [-0.2, 0) is 0 Å². The van der Waals surface area contributed by atoms with Gasteiger partial charge in [-0.05, 0) is 25.5 Å². The Hall–Kier alpha value is -1.16. The van der Waals surface area contributed by atoms with Crippen molar-refractivity contribution in [2.75, 3.05) is 0 Å². The Labute approximate surface area is 90.8 Å². The number of hydrogen-bond acceptors (Lipinski definition) is 2. The van der Waals surface area contributed by atoms with E-state index >= 15 is 0 Å². The summed E-state index contributed by atoms with van der Waals surface area (Å²) in [5.74, 6) is -0.432. The van der Waals surface area contributed by atoms with E-state index in [4.69, 9.17) is 11.6 Å². The van der Waals surface area contributed by atoms with Crippen molar-refractivity contribution >= 4 is 17.4 Å². The number of halogens is 3. The molecule has 0 aliphatic heterocycles. The lowest BCUT2D eigenvalue weighted by Crippen LogP contribution is -2.06. The van der Waals surface area contributed by atoms with Crippen LogP contribution in [0.3, 0.4) is 0 Å². The number of hydrogen-bond donors (Lipinski definition) is 0. The molecule has 0 heterocycles. The monoisotopic (exact) mass is 234 g/mol. The fourth-order valence-corrected chi connectivity index (χ4v) is 1.55. The molecule has 15 heavy (non-hydrogen) atoms. The Bertz CT molecular complexity index is 391. The molecule has 1 rings (SSSR count). The van der Waals surface area contributed by atoms with Gasteiger partial charge in [-0.15, -0.1) is 0 Å². The lowest BCUT2D eigenvalue weighted by atomic mass is 10.1. The number of benzene rings is 1. The number of ketones is 1. The van der Waals surface area contributed by atoms with Crippen LogP contribution in [0.2, 0.25) is 5.02 Å². The molecular weight excluding hydrogens is 226 g/mol. The number of rotatable bonds is 3. The standard InChI is InChI=1S/C10H9ClF2O2/c1-5-3-4-7(6(2)14)8(11)9(5)15-10(12)13/h3-4,10H,1-2H3. The zero-order valence-electron chi connectivity index (χ0n) is 8.18. The summed E-state index contributed by atoms with van der Waals surface area (Å²) in [4.78, 5) is 11.1. The van der Waals surface area contributed by atoms with Crippen molar-refractivity contribution in [2.45, 2.75) is 20.5 Å². The number of carbonyl (C=O) groups excluding carboxylic acids is 1. The second-order valence-electron chi connectivity index (χ2n) is 3.01. The third kappa shape index (κ3) is 2.65. The number of Topliss-reactive ketones (excluding diaryl/α,β-unsaturated/α-hetero) is 1. The van der Waals surface area contributed by atoms with Gasteiger partial charge < -0.3 is 4.74 Å². The largest absolute Gasteiger partial charge is 0.433 e. The molecule has 0 aliphatic carbocycles. The number of ether oxygens (including phenoxy) is 1. The first-order valence-corrected chi connectivity index (χ1v) is 4.56. The first-order chi connectivity index (χ1) is 6.93. The molecule has 1 aromatic carbocycles. The van der Waals surface area contributed by atoms with E-state index in [9.17, 15) is 13.6 Å². The predicted molar refractivity (Wildman–Crippen MR) is 52.8 cm³/mol. The minimum absolute atomic E-state index is 0.0669. The van der Waals surface area contributed by atoms with Crippen LogP contribution in [0.5, 0.6) is 5.75 Å². The van der Waals surface area contributed by atoms with Crippen LogP contribution in [0.4, 0.5) is 8.78 Å². The van der Waals surface area contributed by atoms with Gasteiger partial charge >= 0.3 is 6.61 Å². The fraction of sp³-hybridized carbons (Fsp3) is 0.300. The van der Waals surface area contributed by atoms with Gasteiger partial charge in [0.1, 0.15) is 5.75 Å². The van der Waals surface area contributed by atoms with Crippen molar-refractivity contribution in [1.29, 1.82) is 0 Å². The Kier molecular flexibility index (Phi) is 3.63. The molecule has 5 heteroatoms. The number of carbonyl (C=O) groups is 1. The molecule has 0 spiro atoms. The van der Waals surface area contributed by atoms with Crippen molar-refractivity contribution in [2.24, 2.45) is 0 Å². The van der Waals surface area contributed by atoms with Crippen LogP contribution in [0.25, 0.3) is 0 Å². The summed E-state index contributed by atoms with van der Waals surface area (Å²) in [6.07, 6.45) is 0. The topological polar surface area (TPSA) is 26.3 Å². The first kappa shape index (κ1) is 11.9. The highest BCUT2D eigenvalue weighted by atomic mass is 35.5. The molecular formula is C10H9ClF2O2. The molecule has 0 fully saturated rings. The summed E-state index contributed by atoms with van der Waals surface area (Å²) in [5.41, 5.74) is 0.642. The van der Waals surface area contributed by atoms with Gasteiger partial charge in [0, 0.05) is 5.56 Å². The minimum Gasteiger partial charge on any atom is -0.433 e. The van der Waals surface area contributed by atoms with Crippen molar-refractivity contribution in [3.05, 3.63) is 28.3 Å². The smallest absolute Gasteiger partial charge is 0.387 e. The Morgan fingerprint density at radius 2 is 2.07 bits per heavy atom. The summed E-state index contributed by atoms with van der Waals surface area (Å²) in [5, 5.41) is -0.0669. The molecule has 0 N–H and O–H groups in total. The van der Waals surface area contributed by atoms with Crippen molar-refractivity contribution in [1.82, 2.24) is 0 Å². The van der Waals surface area contributed by atoms with E-state index in [1.807, 2.05) is 0 Å². The summed E-state index contributed by atoms with van der Waals surface area (Å²) >= 11 is 5.77. The van der Waals surface area contributed by atoms with Gasteiger partial charge in [-0.25, -0.2) is 0 Å². The lowest BCUT2D eigenvalue weighted by Gasteiger charge is -2.11. The Balaban J connectivity index is 3.24. The maximum absolute atomic E-state index is 12.0. The average molecular weight is 235 g/mol. The second-order valence-corrected chi connectivity index (χ2v) is 3.39. The summed E-state index contributed by atoms with van der Waals surface area (Å²) in [6, 6.07) is 3.00. The van der Waals surface area contributed by atoms with Crippen LogP contribution < -0.4 is 4.74 Å². The molecule has 2 nitrogen and oxygen atoms in total. The summed E-state index contributed by atoms with van der Waals surface area (Å²) in [7, 11) is 0. The molecule has 0 aromatic heterocycles. The molecule has 0 saturated heterocycles. The van der Waals surface area contributed by atoms with Gasteiger partial charge in [-0.3, -0.25) is 4.79 Å². The summed E-state index contributed by atoms with van der Waals surface area (Å²) in [6.45, 7) is -0.0700. The molecule has 0 aliphatic rings. The van der Waals surface area contributed by atoms with E-state index in [0.717, 1.165) is 0 Å². The van der Waals surface area contributed by atoms with Crippen LogP contribution >= 0.6 is 11.6 Å². The zero-order chi connectivity index (χ0) is 11.6. The van der Waals surface area contributed by atoms with Crippen molar-refractivity contribution in [3.8, 4) is 5.75 Å². The van der Waals surface area contributed by atoms with Crippen LogP contribution in [-0.4, -0.2) is 12.4 Å². The molecule has 1 aromatic rings. The normalized spacial score (nSPS) is 10.5. The minimum atomic E-state index is -2.96. The Morgan fingerprint density at radius 3 is 2.53 bits per heavy atom. The third-order valence-electron chi connectivity index (χ3n) is 1.88. The highest BCUT2D eigenvalue weighted by molar-refractivity contribution is 6.35. The van der Waals surface area contributed by atoms with Crippen molar-refractivity contribution in [3.63, 3.8) is 0 Å². The molecule has 0 radical (unpaired) electrons. The molecule has 0 amide bonds. The van der Waals surface area contributed by atoms with Gasteiger partial charge in [-0.1, -0.05) is 17.7 Å².